The van der Waals surface area contributed by atoms with Gasteiger partial charge in [0.2, 0.25) is 0 Å². The first-order valence-corrected chi connectivity index (χ1v) is 22.1. The first kappa shape index (κ1) is 38.1. The molecule has 7 nitrogen and oxygen atoms in total. The average molecular weight is 811 g/mol. The number of rotatable bonds is 4. The van der Waals surface area contributed by atoms with Crippen molar-refractivity contribution in [2.24, 2.45) is 0 Å². The highest BCUT2D eigenvalue weighted by Gasteiger charge is 2.43. The molecule has 0 spiro atoms. The molecule has 4 aliphatic heterocycles. The molecule has 0 fully saturated rings. The van der Waals surface area contributed by atoms with E-state index in [0.29, 0.717) is 11.1 Å². The quantitative estimate of drug-likeness (QED) is 0.164. The van der Waals surface area contributed by atoms with Crippen LogP contribution < -0.4 is 21.1 Å². The Kier molecular flexibility index (Phi) is 8.03. The maximum Gasteiger partial charge on any atom is 0.344 e. The summed E-state index contributed by atoms with van der Waals surface area (Å²) < 4.78 is 19.0. The highest BCUT2D eigenvalue weighted by atomic mass is 16.4. The lowest BCUT2D eigenvalue weighted by Crippen LogP contribution is -2.44. The Hall–Kier alpha value is -5.82. The van der Waals surface area contributed by atoms with E-state index < -0.39 is 0 Å². The first-order chi connectivity index (χ1) is 29.0. The van der Waals surface area contributed by atoms with Gasteiger partial charge in [0.15, 0.2) is 0 Å². The molecule has 0 radical (unpaired) electrons. The highest BCUT2D eigenvalue weighted by Crippen LogP contribution is 2.53. The van der Waals surface area contributed by atoms with E-state index in [4.69, 9.17) is 13.3 Å². The second-order valence-electron chi connectivity index (χ2n) is 20.9. The van der Waals surface area contributed by atoms with E-state index >= 15 is 0 Å². The molecule has 0 amide bonds. The van der Waals surface area contributed by atoms with Gasteiger partial charge in [-0.25, -0.2) is 9.59 Å². The number of nitrogens with zero attached hydrogens (tertiary/aromatic N) is 2. The summed E-state index contributed by atoms with van der Waals surface area (Å²) in [6, 6.07) is 28.4. The third-order valence-electron chi connectivity index (χ3n) is 15.0. The second kappa shape index (κ2) is 12.9. The molecular formula is C54H54N2O5. The van der Waals surface area contributed by atoms with E-state index in [-0.39, 0.29) is 32.9 Å². The summed E-state index contributed by atoms with van der Waals surface area (Å²) in [5, 5.41) is 1.96. The predicted octanol–water partition coefficient (Wildman–Crippen LogP) is 12.5. The SMILES string of the molecule is CC1(C)CCN2CCC(C)(C)c3c2c1cc1cc(-c2ccc(-c4ccc(-c5ccc(-c6cc7cc8c9c(c7oc6=O)C(C)(C)CCN9CCC8(C)C)cc5)o4)cc2)c(=O)oc31. The molecule has 4 aromatic carbocycles. The van der Waals surface area contributed by atoms with Crippen LogP contribution >= 0.6 is 0 Å². The smallest absolute Gasteiger partial charge is 0.344 e. The minimum absolute atomic E-state index is 0.0335. The van der Waals surface area contributed by atoms with E-state index in [1.54, 1.807) is 0 Å². The highest BCUT2D eigenvalue weighted by molar-refractivity contribution is 5.94. The molecule has 0 atom stereocenters. The van der Waals surface area contributed by atoms with Crippen LogP contribution in [-0.2, 0) is 21.7 Å². The fourth-order valence-electron chi connectivity index (χ4n) is 11.0. The fraction of sp³-hybridized carbons (Fsp3) is 0.370. The molecule has 310 valence electrons. The molecule has 0 aliphatic carbocycles. The van der Waals surface area contributed by atoms with Gasteiger partial charge in [0.25, 0.3) is 0 Å². The van der Waals surface area contributed by atoms with Crippen molar-refractivity contribution < 1.29 is 13.3 Å². The molecule has 7 aromatic rings. The van der Waals surface area contributed by atoms with Crippen LogP contribution in [0.3, 0.4) is 0 Å². The predicted molar refractivity (Wildman–Crippen MR) is 248 cm³/mol. The Labute approximate surface area is 357 Å². The lowest BCUT2D eigenvalue weighted by atomic mass is 9.69. The average Bonchev–Trinajstić information content (AvgIpc) is 3.72. The summed E-state index contributed by atoms with van der Waals surface area (Å²) in [7, 11) is 0. The fourth-order valence-corrected chi connectivity index (χ4v) is 11.0. The molecule has 11 rings (SSSR count). The number of furan rings is 1. The first-order valence-electron chi connectivity index (χ1n) is 22.1. The zero-order valence-electron chi connectivity index (χ0n) is 36.7. The summed E-state index contributed by atoms with van der Waals surface area (Å²) in [5.41, 5.74) is 12.8. The van der Waals surface area contributed by atoms with E-state index in [1.165, 1.54) is 33.6 Å². The number of benzene rings is 4. The largest absolute Gasteiger partial charge is 0.456 e. The summed E-state index contributed by atoms with van der Waals surface area (Å²) in [6.45, 7) is 22.6. The van der Waals surface area contributed by atoms with Crippen molar-refractivity contribution in [2.75, 3.05) is 36.0 Å². The minimum atomic E-state index is -0.322. The minimum Gasteiger partial charge on any atom is -0.456 e. The van der Waals surface area contributed by atoms with Crippen LogP contribution in [-0.4, -0.2) is 26.2 Å². The molecule has 0 N–H and O–H groups in total. The Bertz CT molecular complexity index is 2870. The standard InChI is InChI=1S/C54H54N2O5/c1-51(2)19-23-55-25-21-53(5,6)43-45(55)39(51)29-35-27-37(49(57)60-47(35)43)31-9-13-33(14-10-31)41-17-18-42(59-41)34-15-11-32(12-16-34)38-28-36-30-40-46-44(48(36)61-50(38)58)54(7,8)22-26-56(46)24-20-52(40,3)4/h9-18,27-30H,19-26H2,1-8H3. The van der Waals surface area contributed by atoms with Gasteiger partial charge in [0.1, 0.15) is 22.7 Å². The molecule has 0 bridgehead atoms. The molecule has 4 aliphatic rings. The molecule has 7 heteroatoms. The molecule has 0 saturated carbocycles. The van der Waals surface area contributed by atoms with Crippen LogP contribution in [0, 0.1) is 0 Å². The Morgan fingerprint density at radius 2 is 0.770 bits per heavy atom. The topological polar surface area (TPSA) is 80.0 Å². The van der Waals surface area contributed by atoms with Crippen LogP contribution in [0.1, 0.15) is 103 Å². The maximum atomic E-state index is 13.7. The van der Waals surface area contributed by atoms with Gasteiger partial charge in [0, 0.05) is 70.6 Å². The van der Waals surface area contributed by atoms with Crippen molar-refractivity contribution in [1.29, 1.82) is 0 Å². The van der Waals surface area contributed by atoms with Crippen LogP contribution in [0.15, 0.2) is 108 Å². The summed E-state index contributed by atoms with van der Waals surface area (Å²) in [5.74, 6) is 1.45. The summed E-state index contributed by atoms with van der Waals surface area (Å²) in [4.78, 5) is 32.5. The lowest BCUT2D eigenvalue weighted by molar-refractivity contribution is 0.398. The Morgan fingerprint density at radius 1 is 0.426 bits per heavy atom. The van der Waals surface area contributed by atoms with Crippen molar-refractivity contribution in [3.63, 3.8) is 0 Å². The van der Waals surface area contributed by atoms with Gasteiger partial charge in [-0.05, 0) is 106 Å². The lowest BCUT2D eigenvalue weighted by Gasteiger charge is -2.48. The van der Waals surface area contributed by atoms with Crippen molar-refractivity contribution >= 4 is 33.3 Å². The Morgan fingerprint density at radius 3 is 1.15 bits per heavy atom. The van der Waals surface area contributed by atoms with Gasteiger partial charge in [-0.1, -0.05) is 104 Å². The number of fused-ring (bicyclic) bond motifs is 4. The Balaban J connectivity index is 0.886. The number of hydrogen-bond donors (Lipinski definition) is 0. The molecule has 0 unspecified atom stereocenters. The van der Waals surface area contributed by atoms with E-state index in [0.717, 1.165) is 108 Å². The normalized spacial score (nSPS) is 19.2. The van der Waals surface area contributed by atoms with Gasteiger partial charge in [-0.2, -0.15) is 0 Å². The zero-order chi connectivity index (χ0) is 42.4. The van der Waals surface area contributed by atoms with Gasteiger partial charge < -0.3 is 23.1 Å². The molecule has 7 heterocycles. The molecule has 61 heavy (non-hydrogen) atoms. The van der Waals surface area contributed by atoms with Gasteiger partial charge in [0.05, 0.1) is 11.1 Å². The molecule has 3 aromatic heterocycles. The molecular weight excluding hydrogens is 757 g/mol. The van der Waals surface area contributed by atoms with Crippen LogP contribution in [0.4, 0.5) is 11.4 Å². The van der Waals surface area contributed by atoms with Crippen LogP contribution in [0.25, 0.3) is 66.8 Å². The van der Waals surface area contributed by atoms with Gasteiger partial charge >= 0.3 is 11.3 Å². The van der Waals surface area contributed by atoms with Crippen LogP contribution in [0.2, 0.25) is 0 Å². The third-order valence-corrected chi connectivity index (χ3v) is 15.0. The van der Waals surface area contributed by atoms with Crippen molar-refractivity contribution in [3.8, 4) is 44.9 Å². The number of hydrogen-bond acceptors (Lipinski definition) is 7. The van der Waals surface area contributed by atoms with Gasteiger partial charge in [-0.3, -0.25) is 0 Å². The molecule has 0 saturated heterocycles. The van der Waals surface area contributed by atoms with Crippen molar-refractivity contribution in [3.05, 3.63) is 128 Å². The van der Waals surface area contributed by atoms with Crippen LogP contribution in [0.5, 0.6) is 0 Å². The summed E-state index contributed by atoms with van der Waals surface area (Å²) >= 11 is 0. The van der Waals surface area contributed by atoms with E-state index in [2.05, 4.69) is 77.3 Å². The zero-order valence-corrected chi connectivity index (χ0v) is 36.7. The van der Waals surface area contributed by atoms with Crippen molar-refractivity contribution in [1.82, 2.24) is 0 Å². The monoisotopic (exact) mass is 810 g/mol. The van der Waals surface area contributed by atoms with Gasteiger partial charge in [-0.15, -0.1) is 0 Å². The third kappa shape index (κ3) is 5.82. The maximum absolute atomic E-state index is 13.7. The summed E-state index contributed by atoms with van der Waals surface area (Å²) in [6.07, 6.45) is 4.24. The number of anilines is 2. The van der Waals surface area contributed by atoms with E-state index in [9.17, 15) is 9.59 Å². The van der Waals surface area contributed by atoms with Crippen molar-refractivity contribution in [2.45, 2.75) is 103 Å². The second-order valence-corrected chi connectivity index (χ2v) is 20.9. The van der Waals surface area contributed by atoms with E-state index in [1.807, 2.05) is 72.8 Å².